The van der Waals surface area contributed by atoms with Crippen molar-refractivity contribution in [3.63, 3.8) is 0 Å². The molecule has 0 bridgehead atoms. The third kappa shape index (κ3) is 56.6. The summed E-state index contributed by atoms with van der Waals surface area (Å²) in [4.78, 5) is 53.3. The first-order chi connectivity index (χ1) is 37.4. The molecule has 0 saturated heterocycles. The maximum atomic E-state index is 13.5. The molecule has 0 radical (unpaired) electrons. The molecule has 0 aliphatic heterocycles. The van der Waals surface area contributed by atoms with E-state index in [0.717, 1.165) is 64.2 Å². The Balaban J connectivity index is 5.37. The summed E-state index contributed by atoms with van der Waals surface area (Å²) >= 11 is 0. The number of ether oxygens (including phenoxy) is 4. The van der Waals surface area contributed by atoms with Crippen LogP contribution >= 0.6 is 0 Å². The maximum Gasteiger partial charge on any atom is 0.306 e. The Morgan fingerprint density at radius 1 is 0.211 bits per heavy atom. The summed E-state index contributed by atoms with van der Waals surface area (Å²) in [5.41, 5.74) is 0. The second-order valence-electron chi connectivity index (χ2n) is 23.4. The summed E-state index contributed by atoms with van der Waals surface area (Å²) in [6.45, 7) is 8.57. The molecule has 0 aromatic carbocycles. The highest BCUT2D eigenvalue weighted by atomic mass is 16.6. The van der Waals surface area contributed by atoms with E-state index in [1.54, 1.807) is 0 Å². The molecule has 0 amide bonds. The highest BCUT2D eigenvalue weighted by Gasteiger charge is 2.32. The van der Waals surface area contributed by atoms with Crippen LogP contribution in [-0.4, -0.2) is 49.3 Å². The largest absolute Gasteiger partial charge is 0.462 e. The monoisotopic (exact) mass is 1070 g/mol. The van der Waals surface area contributed by atoms with Crippen LogP contribution in [0.1, 0.15) is 387 Å². The molecule has 0 saturated carbocycles. The van der Waals surface area contributed by atoms with E-state index in [4.69, 9.17) is 18.9 Å². The number of esters is 4. The third-order valence-electron chi connectivity index (χ3n) is 15.7. The Hall–Kier alpha value is -2.12. The minimum Gasteiger partial charge on any atom is -0.462 e. The Labute approximate surface area is 472 Å². The van der Waals surface area contributed by atoms with Crippen LogP contribution in [0, 0.1) is 0 Å². The molecule has 0 aliphatic carbocycles. The summed E-state index contributed by atoms with van der Waals surface area (Å²) < 4.78 is 23.7. The minimum atomic E-state index is -1.06. The van der Waals surface area contributed by atoms with Gasteiger partial charge in [-0.2, -0.15) is 0 Å². The Morgan fingerprint density at radius 2 is 0.355 bits per heavy atom. The molecule has 0 rings (SSSR count). The van der Waals surface area contributed by atoms with E-state index in [1.807, 2.05) is 0 Å². The zero-order valence-corrected chi connectivity index (χ0v) is 51.4. The standard InChI is InChI=1S/C68H130O8/c1-5-9-13-17-21-25-29-33-37-41-45-49-53-57-65(69)73-61-63(75-67(71)59-55-51-47-43-39-35-31-27-23-19-15-11-7-3)64(76-68(72)60-56-52-48-44-40-36-32-28-24-20-16-12-8-4)62-74-66(70)58-54-50-46-42-38-34-30-26-22-18-14-10-6-2/h63-64H,5-62H2,1-4H3/t63-,64+. The van der Waals surface area contributed by atoms with E-state index in [2.05, 4.69) is 27.7 Å². The average molecular weight is 1080 g/mol. The van der Waals surface area contributed by atoms with Crippen molar-refractivity contribution < 1.29 is 38.1 Å². The molecule has 0 spiro atoms. The van der Waals surface area contributed by atoms with E-state index in [0.29, 0.717) is 12.8 Å². The number of carbonyl (C=O) groups excluding carboxylic acids is 4. The molecule has 2 atom stereocenters. The maximum absolute atomic E-state index is 13.5. The number of hydrogen-bond acceptors (Lipinski definition) is 8. The zero-order valence-electron chi connectivity index (χ0n) is 51.4. The number of rotatable bonds is 63. The second-order valence-corrected chi connectivity index (χ2v) is 23.4. The molecule has 0 N–H and O–H groups in total. The van der Waals surface area contributed by atoms with Crippen molar-refractivity contribution in [2.45, 2.75) is 399 Å². The Kier molecular flexibility index (Phi) is 60.4. The fourth-order valence-corrected chi connectivity index (χ4v) is 10.5. The van der Waals surface area contributed by atoms with Gasteiger partial charge in [0.25, 0.3) is 0 Å². The molecule has 0 unspecified atom stereocenters. The van der Waals surface area contributed by atoms with Gasteiger partial charge >= 0.3 is 23.9 Å². The van der Waals surface area contributed by atoms with Crippen LogP contribution in [0.15, 0.2) is 0 Å². The lowest BCUT2D eigenvalue weighted by Crippen LogP contribution is -2.42. The summed E-state index contributed by atoms with van der Waals surface area (Å²) in [5, 5.41) is 0. The van der Waals surface area contributed by atoms with Crippen LogP contribution < -0.4 is 0 Å². The minimum absolute atomic E-state index is 0.236. The van der Waals surface area contributed by atoms with Gasteiger partial charge in [0.2, 0.25) is 0 Å². The first kappa shape index (κ1) is 73.9. The molecule has 450 valence electrons. The number of carbonyl (C=O) groups is 4. The van der Waals surface area contributed by atoms with Gasteiger partial charge in [-0.05, 0) is 25.7 Å². The quantitative estimate of drug-likeness (QED) is 0.0337. The van der Waals surface area contributed by atoms with Crippen molar-refractivity contribution in [3.05, 3.63) is 0 Å². The van der Waals surface area contributed by atoms with Crippen molar-refractivity contribution in [1.29, 1.82) is 0 Å². The second kappa shape index (κ2) is 62.1. The van der Waals surface area contributed by atoms with Crippen molar-refractivity contribution in [1.82, 2.24) is 0 Å². The molecule has 76 heavy (non-hydrogen) atoms. The van der Waals surface area contributed by atoms with E-state index < -0.39 is 24.1 Å². The van der Waals surface area contributed by atoms with Gasteiger partial charge in [-0.1, -0.05) is 336 Å². The van der Waals surface area contributed by atoms with Crippen molar-refractivity contribution in [2.24, 2.45) is 0 Å². The Morgan fingerprint density at radius 3 is 0.526 bits per heavy atom. The highest BCUT2D eigenvalue weighted by molar-refractivity contribution is 5.72. The van der Waals surface area contributed by atoms with Crippen LogP contribution in [0.3, 0.4) is 0 Å². The summed E-state index contributed by atoms with van der Waals surface area (Å²) in [5.74, 6) is -1.51. The molecular formula is C68H130O8. The predicted molar refractivity (Wildman–Crippen MR) is 323 cm³/mol. The van der Waals surface area contributed by atoms with Gasteiger partial charge in [0.15, 0.2) is 12.2 Å². The first-order valence-electron chi connectivity index (χ1n) is 34.1. The van der Waals surface area contributed by atoms with Crippen molar-refractivity contribution in [2.75, 3.05) is 13.2 Å². The van der Waals surface area contributed by atoms with Crippen LogP contribution in [0.2, 0.25) is 0 Å². The van der Waals surface area contributed by atoms with E-state index in [-0.39, 0.29) is 50.8 Å². The lowest BCUT2D eigenvalue weighted by atomic mass is 10.0. The number of hydrogen-bond donors (Lipinski definition) is 0. The van der Waals surface area contributed by atoms with Gasteiger partial charge in [-0.3, -0.25) is 19.2 Å². The van der Waals surface area contributed by atoms with Gasteiger partial charge in [0, 0.05) is 25.7 Å². The zero-order chi connectivity index (χ0) is 55.3. The summed E-state index contributed by atoms with van der Waals surface area (Å²) in [6.07, 6.45) is 62.3. The van der Waals surface area contributed by atoms with Crippen molar-refractivity contribution >= 4 is 23.9 Å². The average Bonchev–Trinajstić information content (AvgIpc) is 3.41. The first-order valence-corrected chi connectivity index (χ1v) is 34.1. The van der Waals surface area contributed by atoms with Gasteiger partial charge in [-0.15, -0.1) is 0 Å². The number of unbranched alkanes of at least 4 members (excludes halogenated alkanes) is 48. The normalized spacial score (nSPS) is 12.2. The van der Waals surface area contributed by atoms with Gasteiger partial charge in [0.1, 0.15) is 13.2 Å². The molecule has 0 aliphatic rings. The molecule has 0 heterocycles. The topological polar surface area (TPSA) is 105 Å². The van der Waals surface area contributed by atoms with Crippen LogP contribution in [0.4, 0.5) is 0 Å². The highest BCUT2D eigenvalue weighted by Crippen LogP contribution is 2.20. The van der Waals surface area contributed by atoms with E-state index in [9.17, 15) is 19.2 Å². The smallest absolute Gasteiger partial charge is 0.306 e. The molecule has 0 fully saturated rings. The van der Waals surface area contributed by atoms with Crippen LogP contribution in [-0.2, 0) is 38.1 Å². The van der Waals surface area contributed by atoms with Crippen LogP contribution in [0.25, 0.3) is 0 Å². The van der Waals surface area contributed by atoms with E-state index in [1.165, 1.54) is 257 Å². The molecule has 8 heteroatoms. The van der Waals surface area contributed by atoms with Crippen molar-refractivity contribution in [3.8, 4) is 0 Å². The lowest BCUT2D eigenvalue weighted by molar-refractivity contribution is -0.183. The summed E-state index contributed by atoms with van der Waals surface area (Å²) in [6, 6.07) is 0. The SMILES string of the molecule is CCCCCCCCCCCCCCCC(=O)OC[C@H](OC(=O)CCCCCCCCCCCCCCC)[C@@H](COC(=O)CCCCCCCCCCCCCCC)OC(=O)CCCCCCCCCCCCCCC. The molecule has 0 aromatic heterocycles. The van der Waals surface area contributed by atoms with Gasteiger partial charge < -0.3 is 18.9 Å². The predicted octanol–water partition coefficient (Wildman–Crippen LogP) is 21.8. The fraction of sp³-hybridized carbons (Fsp3) is 0.941. The lowest BCUT2D eigenvalue weighted by Gasteiger charge is -2.27. The third-order valence-corrected chi connectivity index (χ3v) is 15.7. The Bertz CT molecular complexity index is 1130. The van der Waals surface area contributed by atoms with E-state index >= 15 is 0 Å². The molecule has 8 nitrogen and oxygen atoms in total. The summed E-state index contributed by atoms with van der Waals surface area (Å²) in [7, 11) is 0. The van der Waals surface area contributed by atoms with Gasteiger partial charge in [-0.25, -0.2) is 0 Å². The fourth-order valence-electron chi connectivity index (χ4n) is 10.5. The van der Waals surface area contributed by atoms with Crippen LogP contribution in [0.5, 0.6) is 0 Å². The van der Waals surface area contributed by atoms with Gasteiger partial charge in [0.05, 0.1) is 0 Å². The molecular weight excluding hydrogens is 945 g/mol. The molecule has 0 aromatic rings.